The zero-order valence-electron chi connectivity index (χ0n) is 19.3. The summed E-state index contributed by atoms with van der Waals surface area (Å²) < 4.78 is 11.4. The molecule has 178 valence electrons. The molecule has 0 fully saturated rings. The van der Waals surface area contributed by atoms with Crippen molar-refractivity contribution in [2.75, 3.05) is 12.4 Å². The molecule has 0 saturated carbocycles. The Hall–Kier alpha value is -5.16. The molecular weight excluding hydrogens is 458 g/mol. The van der Waals surface area contributed by atoms with E-state index in [0.717, 1.165) is 16.3 Å². The second-order valence-corrected chi connectivity index (χ2v) is 7.81. The van der Waals surface area contributed by atoms with Crippen LogP contribution < -0.4 is 14.8 Å². The van der Waals surface area contributed by atoms with Gasteiger partial charge in [0.25, 0.3) is 11.6 Å². The smallest absolute Gasteiger partial charge is 0.271 e. The average Bonchev–Trinajstić information content (AvgIpc) is 2.90. The number of nitriles is 1. The minimum atomic E-state index is -0.686. The lowest BCUT2D eigenvalue weighted by atomic mass is 10.1. The Balaban J connectivity index is 1.49. The highest BCUT2D eigenvalue weighted by molar-refractivity contribution is 6.09. The Morgan fingerprint density at radius 3 is 2.56 bits per heavy atom. The lowest BCUT2D eigenvalue weighted by Crippen LogP contribution is -2.13. The maximum atomic E-state index is 12.6. The number of non-ortho nitro benzene ring substituents is 1. The molecular formula is C28H21N3O5. The summed E-state index contributed by atoms with van der Waals surface area (Å²) in [4.78, 5) is 23.0. The molecule has 0 heterocycles. The van der Waals surface area contributed by atoms with Crippen LogP contribution in [0.25, 0.3) is 16.8 Å². The van der Waals surface area contributed by atoms with Crippen molar-refractivity contribution < 1.29 is 19.2 Å². The first-order chi connectivity index (χ1) is 17.5. The number of nitrogens with zero attached hydrogens (tertiary/aromatic N) is 2. The van der Waals surface area contributed by atoms with Gasteiger partial charge < -0.3 is 14.8 Å². The van der Waals surface area contributed by atoms with Gasteiger partial charge in [0.05, 0.1) is 12.0 Å². The van der Waals surface area contributed by atoms with E-state index in [4.69, 9.17) is 9.47 Å². The lowest BCUT2D eigenvalue weighted by molar-refractivity contribution is -0.384. The molecule has 0 atom stereocenters. The van der Waals surface area contributed by atoms with E-state index in [1.54, 1.807) is 18.2 Å². The monoisotopic (exact) mass is 479 g/mol. The van der Waals surface area contributed by atoms with Gasteiger partial charge in [0, 0.05) is 17.8 Å². The lowest BCUT2D eigenvalue weighted by Gasteiger charge is -2.12. The number of amides is 1. The predicted molar refractivity (Wildman–Crippen MR) is 137 cm³/mol. The molecule has 0 aliphatic rings. The van der Waals surface area contributed by atoms with Gasteiger partial charge in [-0.25, -0.2) is 0 Å². The number of benzene rings is 4. The van der Waals surface area contributed by atoms with Crippen LogP contribution in [0, 0.1) is 21.4 Å². The fraction of sp³-hybridized carbons (Fsp3) is 0.0714. The van der Waals surface area contributed by atoms with Crippen molar-refractivity contribution >= 4 is 34.1 Å². The molecule has 36 heavy (non-hydrogen) atoms. The van der Waals surface area contributed by atoms with Crippen LogP contribution in [0.1, 0.15) is 11.1 Å². The third kappa shape index (κ3) is 5.66. The molecule has 8 heteroatoms. The second-order valence-electron chi connectivity index (χ2n) is 7.81. The molecule has 1 N–H and O–H groups in total. The largest absolute Gasteiger partial charge is 0.493 e. The fourth-order valence-corrected chi connectivity index (χ4v) is 3.59. The highest BCUT2D eigenvalue weighted by Crippen LogP contribution is 2.30. The number of nitro benzene ring substituents is 1. The van der Waals surface area contributed by atoms with Gasteiger partial charge in [-0.15, -0.1) is 0 Å². The summed E-state index contributed by atoms with van der Waals surface area (Å²) in [5, 5.41) is 25.2. The zero-order valence-corrected chi connectivity index (χ0v) is 19.3. The van der Waals surface area contributed by atoms with Crippen molar-refractivity contribution in [3.63, 3.8) is 0 Å². The Kier molecular flexibility index (Phi) is 7.22. The van der Waals surface area contributed by atoms with E-state index in [1.165, 1.54) is 37.5 Å². The van der Waals surface area contributed by atoms with Crippen molar-refractivity contribution in [2.45, 2.75) is 6.61 Å². The summed E-state index contributed by atoms with van der Waals surface area (Å²) in [6.07, 6.45) is 1.41. The SMILES string of the molecule is COc1cc(/C=C(\C#N)C(=O)Nc2cccc([N+](=O)[O-])c2)ccc1OCc1ccc2ccccc2c1. The van der Waals surface area contributed by atoms with Crippen LogP contribution in [0.4, 0.5) is 11.4 Å². The van der Waals surface area contributed by atoms with Gasteiger partial charge >= 0.3 is 0 Å². The van der Waals surface area contributed by atoms with Gasteiger partial charge in [0.1, 0.15) is 18.2 Å². The molecule has 0 aliphatic heterocycles. The van der Waals surface area contributed by atoms with Crippen LogP contribution in [-0.4, -0.2) is 17.9 Å². The number of anilines is 1. The first-order valence-electron chi connectivity index (χ1n) is 10.9. The topological polar surface area (TPSA) is 114 Å². The molecule has 1 amide bonds. The Morgan fingerprint density at radius 2 is 1.81 bits per heavy atom. The number of carbonyl (C=O) groups is 1. The zero-order chi connectivity index (χ0) is 25.5. The van der Waals surface area contributed by atoms with Crippen LogP contribution in [0.15, 0.2) is 90.5 Å². The third-order valence-electron chi connectivity index (χ3n) is 5.39. The molecule has 0 unspecified atom stereocenters. The number of nitrogens with one attached hydrogen (secondary N) is 1. The highest BCUT2D eigenvalue weighted by atomic mass is 16.6. The number of fused-ring (bicyclic) bond motifs is 1. The van der Waals surface area contributed by atoms with E-state index in [9.17, 15) is 20.2 Å². The molecule has 0 aliphatic carbocycles. The standard InChI is InChI=1S/C28H21N3O5/c1-35-27-15-19(13-23(17-29)28(32)30-24-7-4-8-25(16-24)31(33)34)10-12-26(27)36-18-20-9-11-21-5-2-3-6-22(21)14-20/h2-16H,18H2,1H3,(H,30,32)/b23-13+. The maximum Gasteiger partial charge on any atom is 0.271 e. The van der Waals surface area contributed by atoms with Gasteiger partial charge in [0.15, 0.2) is 11.5 Å². The van der Waals surface area contributed by atoms with E-state index < -0.39 is 10.8 Å². The molecule has 0 spiro atoms. The number of carbonyl (C=O) groups excluding carboxylic acids is 1. The third-order valence-corrected chi connectivity index (χ3v) is 5.39. The van der Waals surface area contributed by atoms with Crippen LogP contribution in [0.5, 0.6) is 11.5 Å². The van der Waals surface area contributed by atoms with Gasteiger partial charge in [-0.2, -0.15) is 5.26 Å². The van der Waals surface area contributed by atoms with E-state index in [1.807, 2.05) is 36.4 Å². The summed E-state index contributed by atoms with van der Waals surface area (Å²) in [6, 6.07) is 26.6. The maximum absolute atomic E-state index is 12.6. The van der Waals surface area contributed by atoms with Crippen molar-refractivity contribution in [3.05, 3.63) is 112 Å². The van der Waals surface area contributed by atoms with E-state index in [2.05, 4.69) is 17.4 Å². The molecule has 0 bridgehead atoms. The molecule has 4 aromatic rings. The summed E-state index contributed by atoms with van der Waals surface area (Å²) >= 11 is 0. The van der Waals surface area contributed by atoms with Crippen LogP contribution in [-0.2, 0) is 11.4 Å². The van der Waals surface area contributed by atoms with Gasteiger partial charge in [-0.1, -0.05) is 48.5 Å². The number of hydrogen-bond acceptors (Lipinski definition) is 6. The van der Waals surface area contributed by atoms with Crippen LogP contribution >= 0.6 is 0 Å². The number of rotatable bonds is 8. The van der Waals surface area contributed by atoms with Crippen LogP contribution in [0.2, 0.25) is 0 Å². The minimum Gasteiger partial charge on any atom is -0.493 e. The van der Waals surface area contributed by atoms with Gasteiger partial charge in [-0.05, 0) is 52.2 Å². The second kappa shape index (κ2) is 10.8. The summed E-state index contributed by atoms with van der Waals surface area (Å²) in [5.74, 6) is 0.275. The Labute approximate surface area is 207 Å². The highest BCUT2D eigenvalue weighted by Gasteiger charge is 2.13. The number of nitro groups is 1. The van der Waals surface area contributed by atoms with E-state index in [-0.39, 0.29) is 16.9 Å². The van der Waals surface area contributed by atoms with Crippen molar-refractivity contribution in [3.8, 4) is 17.6 Å². The summed E-state index contributed by atoms with van der Waals surface area (Å²) in [5.41, 5.74) is 1.43. The Morgan fingerprint density at radius 1 is 1.00 bits per heavy atom. The molecule has 8 nitrogen and oxygen atoms in total. The number of ether oxygens (including phenoxy) is 2. The molecule has 0 radical (unpaired) electrons. The molecule has 0 aromatic heterocycles. The van der Waals surface area contributed by atoms with Gasteiger partial charge in [-0.3, -0.25) is 14.9 Å². The van der Waals surface area contributed by atoms with Gasteiger partial charge in [0.2, 0.25) is 0 Å². The van der Waals surface area contributed by atoms with Crippen molar-refractivity contribution in [1.29, 1.82) is 5.26 Å². The van der Waals surface area contributed by atoms with Crippen molar-refractivity contribution in [2.24, 2.45) is 0 Å². The normalized spacial score (nSPS) is 10.9. The van der Waals surface area contributed by atoms with Crippen molar-refractivity contribution in [1.82, 2.24) is 0 Å². The average molecular weight is 479 g/mol. The Bertz CT molecular complexity index is 1520. The summed E-state index contributed by atoms with van der Waals surface area (Å²) in [6.45, 7) is 0.339. The predicted octanol–water partition coefficient (Wildman–Crippen LogP) is 5.88. The first-order valence-corrected chi connectivity index (χ1v) is 10.9. The molecule has 0 saturated heterocycles. The molecule has 4 rings (SSSR count). The molecule has 4 aromatic carbocycles. The summed E-state index contributed by atoms with van der Waals surface area (Å²) in [7, 11) is 1.51. The van der Waals surface area contributed by atoms with E-state index in [0.29, 0.717) is 23.7 Å². The minimum absolute atomic E-state index is 0.167. The van der Waals surface area contributed by atoms with Crippen LogP contribution in [0.3, 0.4) is 0 Å². The first kappa shape index (κ1) is 24.0. The number of hydrogen-bond donors (Lipinski definition) is 1. The number of methoxy groups -OCH3 is 1. The van der Waals surface area contributed by atoms with E-state index >= 15 is 0 Å². The quantitative estimate of drug-likeness (QED) is 0.146. The fourth-order valence-electron chi connectivity index (χ4n) is 3.59.